The summed E-state index contributed by atoms with van der Waals surface area (Å²) in [5.41, 5.74) is 2.23. The van der Waals surface area contributed by atoms with Gasteiger partial charge >= 0.3 is 0 Å². The van der Waals surface area contributed by atoms with Gasteiger partial charge in [-0.3, -0.25) is 4.79 Å². The summed E-state index contributed by atoms with van der Waals surface area (Å²) in [5.74, 6) is 2.00. The van der Waals surface area contributed by atoms with Crippen LogP contribution in [0.5, 0.6) is 0 Å². The van der Waals surface area contributed by atoms with E-state index >= 15 is 0 Å². The van der Waals surface area contributed by atoms with E-state index < -0.39 is 0 Å². The molecule has 0 radical (unpaired) electrons. The fourth-order valence-corrected chi connectivity index (χ4v) is 3.62. The number of carbonyl (C=O) groups excluding carboxylic acids is 1. The lowest BCUT2D eigenvalue weighted by molar-refractivity contribution is 0.0727. The number of hydrogen-bond donors (Lipinski definition) is 0. The average Bonchev–Trinajstić information content (AvgIpc) is 3.23. The molecule has 2 aromatic heterocycles. The highest BCUT2D eigenvalue weighted by atomic mass is 16.5. The minimum Gasteiger partial charge on any atom is -0.441 e. The van der Waals surface area contributed by atoms with Crippen molar-refractivity contribution in [3.63, 3.8) is 0 Å². The molecule has 3 aromatic rings. The molecule has 0 aliphatic carbocycles. The SMILES string of the molecule is O=C(c1cnc(N2CCOCC2)nc1)N1CCc2oc(-c3ccccc3)nc2C1. The van der Waals surface area contributed by atoms with Crippen LogP contribution in [-0.2, 0) is 17.7 Å². The van der Waals surface area contributed by atoms with Crippen molar-refractivity contribution in [3.05, 3.63) is 59.7 Å². The van der Waals surface area contributed by atoms with Gasteiger partial charge in [0.2, 0.25) is 11.8 Å². The molecular weight excluding hydrogens is 370 g/mol. The van der Waals surface area contributed by atoms with Gasteiger partial charge in [0, 0.05) is 44.0 Å². The Balaban J connectivity index is 1.30. The molecule has 2 aliphatic heterocycles. The van der Waals surface area contributed by atoms with E-state index in [1.54, 1.807) is 17.3 Å². The predicted molar refractivity (Wildman–Crippen MR) is 105 cm³/mol. The summed E-state index contributed by atoms with van der Waals surface area (Å²) < 4.78 is 11.3. The first-order chi connectivity index (χ1) is 14.3. The standard InChI is InChI=1S/C21H21N5O3/c27-20(16-12-22-21(23-13-16)25-8-10-28-11-9-25)26-7-6-18-17(14-26)24-19(29-18)15-4-2-1-3-5-15/h1-5,12-13H,6-11,14H2. The van der Waals surface area contributed by atoms with Crippen molar-refractivity contribution in [2.24, 2.45) is 0 Å². The van der Waals surface area contributed by atoms with Gasteiger partial charge in [-0.25, -0.2) is 15.0 Å². The van der Waals surface area contributed by atoms with E-state index in [0.717, 1.165) is 30.1 Å². The Kier molecular flexibility index (Phi) is 4.69. The largest absolute Gasteiger partial charge is 0.441 e. The first-order valence-electron chi connectivity index (χ1n) is 9.76. The number of carbonyl (C=O) groups is 1. The molecule has 0 saturated carbocycles. The minimum atomic E-state index is -0.0894. The normalized spacial score (nSPS) is 16.6. The molecule has 0 atom stereocenters. The summed E-state index contributed by atoms with van der Waals surface area (Å²) in [6.07, 6.45) is 3.86. The average molecular weight is 391 g/mol. The van der Waals surface area contributed by atoms with E-state index in [0.29, 0.717) is 50.1 Å². The molecule has 0 N–H and O–H groups in total. The van der Waals surface area contributed by atoms with Gasteiger partial charge in [-0.15, -0.1) is 0 Å². The number of aromatic nitrogens is 3. The van der Waals surface area contributed by atoms with Gasteiger partial charge in [0.25, 0.3) is 5.91 Å². The van der Waals surface area contributed by atoms with Crippen molar-refractivity contribution >= 4 is 11.9 Å². The number of amides is 1. The van der Waals surface area contributed by atoms with E-state index in [1.807, 2.05) is 30.3 Å². The molecule has 1 amide bonds. The van der Waals surface area contributed by atoms with Gasteiger partial charge in [0.05, 0.1) is 25.3 Å². The van der Waals surface area contributed by atoms with Crippen molar-refractivity contribution in [3.8, 4) is 11.5 Å². The monoisotopic (exact) mass is 391 g/mol. The smallest absolute Gasteiger partial charge is 0.257 e. The Hall–Kier alpha value is -3.26. The number of morpholine rings is 1. The maximum Gasteiger partial charge on any atom is 0.257 e. The van der Waals surface area contributed by atoms with Crippen LogP contribution in [0.15, 0.2) is 47.1 Å². The highest BCUT2D eigenvalue weighted by Gasteiger charge is 2.27. The number of benzene rings is 1. The molecule has 1 saturated heterocycles. The number of fused-ring (bicyclic) bond motifs is 1. The molecule has 8 heteroatoms. The summed E-state index contributed by atoms with van der Waals surface area (Å²) in [6, 6.07) is 9.80. The Bertz CT molecular complexity index is 997. The van der Waals surface area contributed by atoms with Crippen molar-refractivity contribution in [2.45, 2.75) is 13.0 Å². The number of nitrogens with zero attached hydrogens (tertiary/aromatic N) is 5. The lowest BCUT2D eigenvalue weighted by Gasteiger charge is -2.27. The summed E-state index contributed by atoms with van der Waals surface area (Å²) in [7, 11) is 0. The predicted octanol–water partition coefficient (Wildman–Crippen LogP) is 2.17. The molecule has 0 spiro atoms. The molecule has 5 rings (SSSR count). The maximum atomic E-state index is 12.9. The molecule has 8 nitrogen and oxygen atoms in total. The quantitative estimate of drug-likeness (QED) is 0.676. The van der Waals surface area contributed by atoms with Crippen LogP contribution >= 0.6 is 0 Å². The molecular formula is C21H21N5O3. The molecule has 0 bridgehead atoms. The lowest BCUT2D eigenvalue weighted by Crippen LogP contribution is -2.38. The topological polar surface area (TPSA) is 84.6 Å². The van der Waals surface area contributed by atoms with Crippen LogP contribution in [0.1, 0.15) is 21.8 Å². The number of rotatable bonds is 3. The first kappa shape index (κ1) is 17.8. The number of ether oxygens (including phenoxy) is 1. The summed E-state index contributed by atoms with van der Waals surface area (Å²) in [5, 5.41) is 0. The molecule has 2 aliphatic rings. The first-order valence-corrected chi connectivity index (χ1v) is 9.76. The second kappa shape index (κ2) is 7.63. The van der Waals surface area contributed by atoms with Crippen LogP contribution in [0.3, 0.4) is 0 Å². The Labute approximate surface area is 168 Å². The second-order valence-electron chi connectivity index (χ2n) is 7.10. The zero-order valence-corrected chi connectivity index (χ0v) is 16.0. The molecule has 29 heavy (non-hydrogen) atoms. The Morgan fingerprint density at radius 2 is 1.76 bits per heavy atom. The van der Waals surface area contributed by atoms with Crippen LogP contribution in [0.2, 0.25) is 0 Å². The number of hydrogen-bond acceptors (Lipinski definition) is 7. The molecule has 4 heterocycles. The van der Waals surface area contributed by atoms with Gasteiger partial charge in [0.15, 0.2) is 0 Å². The van der Waals surface area contributed by atoms with E-state index in [4.69, 9.17) is 9.15 Å². The Morgan fingerprint density at radius 1 is 1.00 bits per heavy atom. The Morgan fingerprint density at radius 3 is 2.52 bits per heavy atom. The van der Waals surface area contributed by atoms with E-state index in [9.17, 15) is 4.79 Å². The van der Waals surface area contributed by atoms with Crippen molar-refractivity contribution in [2.75, 3.05) is 37.7 Å². The minimum absolute atomic E-state index is 0.0894. The highest BCUT2D eigenvalue weighted by Crippen LogP contribution is 2.26. The van der Waals surface area contributed by atoms with Crippen LogP contribution in [0.25, 0.3) is 11.5 Å². The van der Waals surface area contributed by atoms with E-state index in [1.165, 1.54) is 0 Å². The number of anilines is 1. The summed E-state index contributed by atoms with van der Waals surface area (Å²) in [6.45, 7) is 3.87. The lowest BCUT2D eigenvalue weighted by atomic mass is 10.1. The van der Waals surface area contributed by atoms with Gasteiger partial charge in [-0.05, 0) is 12.1 Å². The van der Waals surface area contributed by atoms with Crippen LogP contribution < -0.4 is 4.90 Å². The maximum absolute atomic E-state index is 12.9. The third kappa shape index (κ3) is 3.58. The van der Waals surface area contributed by atoms with Crippen molar-refractivity contribution < 1.29 is 13.9 Å². The van der Waals surface area contributed by atoms with Gasteiger partial charge in [-0.1, -0.05) is 18.2 Å². The van der Waals surface area contributed by atoms with Crippen molar-refractivity contribution in [1.29, 1.82) is 0 Å². The van der Waals surface area contributed by atoms with Crippen molar-refractivity contribution in [1.82, 2.24) is 19.9 Å². The molecule has 0 unspecified atom stereocenters. The third-order valence-corrected chi connectivity index (χ3v) is 5.21. The van der Waals surface area contributed by atoms with Gasteiger partial charge in [-0.2, -0.15) is 0 Å². The van der Waals surface area contributed by atoms with Crippen LogP contribution in [-0.4, -0.2) is 58.6 Å². The molecule has 1 aromatic carbocycles. The van der Waals surface area contributed by atoms with Gasteiger partial charge < -0.3 is 19.0 Å². The second-order valence-corrected chi connectivity index (χ2v) is 7.10. The fraction of sp³-hybridized carbons (Fsp3) is 0.333. The fourth-order valence-electron chi connectivity index (χ4n) is 3.62. The van der Waals surface area contributed by atoms with Gasteiger partial charge in [0.1, 0.15) is 11.5 Å². The molecule has 148 valence electrons. The number of oxazole rings is 1. The van der Waals surface area contributed by atoms with E-state index in [2.05, 4.69) is 19.9 Å². The zero-order valence-electron chi connectivity index (χ0n) is 16.0. The highest BCUT2D eigenvalue weighted by molar-refractivity contribution is 5.93. The molecule has 1 fully saturated rings. The van der Waals surface area contributed by atoms with Crippen LogP contribution in [0, 0.1) is 0 Å². The summed E-state index contributed by atoms with van der Waals surface area (Å²) in [4.78, 5) is 30.1. The van der Waals surface area contributed by atoms with Crippen LogP contribution in [0.4, 0.5) is 5.95 Å². The zero-order chi connectivity index (χ0) is 19.6. The summed E-state index contributed by atoms with van der Waals surface area (Å²) >= 11 is 0. The third-order valence-electron chi connectivity index (χ3n) is 5.21. The van der Waals surface area contributed by atoms with E-state index in [-0.39, 0.29) is 5.91 Å².